The van der Waals surface area contributed by atoms with E-state index in [1.54, 1.807) is 4.90 Å². The van der Waals surface area contributed by atoms with Gasteiger partial charge in [0.25, 0.3) is 0 Å². The lowest BCUT2D eigenvalue weighted by molar-refractivity contribution is -0.000417. The first-order valence-corrected chi connectivity index (χ1v) is 14.9. The van der Waals surface area contributed by atoms with Crippen LogP contribution in [0.15, 0.2) is 24.3 Å². The molecule has 5 nitrogen and oxygen atoms in total. The van der Waals surface area contributed by atoms with E-state index in [0.29, 0.717) is 23.0 Å². The molecule has 2 atom stereocenters. The summed E-state index contributed by atoms with van der Waals surface area (Å²) in [5, 5.41) is 3.88. The van der Waals surface area contributed by atoms with Crippen molar-refractivity contribution in [2.75, 3.05) is 13.1 Å². The van der Waals surface area contributed by atoms with Crippen molar-refractivity contribution < 1.29 is 14.0 Å². The van der Waals surface area contributed by atoms with Crippen molar-refractivity contribution in [3.63, 3.8) is 0 Å². The molecular weight excluding hydrogens is 460 g/mol. The van der Waals surface area contributed by atoms with Gasteiger partial charge in [-0.15, -0.1) is 0 Å². The summed E-state index contributed by atoms with van der Waals surface area (Å²) in [6.07, 6.45) is -0.0350. The zero-order valence-corrected chi connectivity index (χ0v) is 23.5. The maximum absolute atomic E-state index is 13.4. The second-order valence-corrected chi connectivity index (χ2v) is 16.9. The van der Waals surface area contributed by atoms with Gasteiger partial charge in [0.05, 0.1) is 18.2 Å². The Morgan fingerprint density at radius 1 is 1.28 bits per heavy atom. The molecule has 1 aromatic rings. The zero-order valence-electron chi connectivity index (χ0n) is 21.0. The Hall–Kier alpha value is -1.15. The number of carbonyl (C=O) groups excluding carboxylic acids is 1. The van der Waals surface area contributed by atoms with Crippen molar-refractivity contribution in [3.8, 4) is 0 Å². The number of rotatable bonds is 6. The van der Waals surface area contributed by atoms with Crippen LogP contribution in [0.5, 0.6) is 0 Å². The summed E-state index contributed by atoms with van der Waals surface area (Å²) in [7, 11) is -2.17. The van der Waals surface area contributed by atoms with Gasteiger partial charge in [-0.2, -0.15) is 0 Å². The standard InChI is InChI=1S/C24H39ClN2O3SSi/c1-22(2,3)29-21(28)27(24(7)13-14-26-20(24)31)16-19(17-11-10-12-18(25)15-17)30-32(8,9)23(4,5)6/h10-12,15,19H,13-14,16H2,1-9H3,(H,26,31). The lowest BCUT2D eigenvalue weighted by atomic mass is 9.97. The summed E-state index contributed by atoms with van der Waals surface area (Å²) in [4.78, 5) is 15.8. The molecule has 0 saturated carbocycles. The van der Waals surface area contributed by atoms with Gasteiger partial charge in [-0.3, -0.25) is 4.90 Å². The Morgan fingerprint density at radius 2 is 1.91 bits per heavy atom. The fourth-order valence-electron chi connectivity index (χ4n) is 3.39. The van der Waals surface area contributed by atoms with Gasteiger partial charge < -0.3 is 14.5 Å². The number of hydrogen-bond donors (Lipinski definition) is 1. The van der Waals surface area contributed by atoms with Crippen LogP contribution in [-0.4, -0.2) is 48.5 Å². The molecule has 0 radical (unpaired) electrons. The average molecular weight is 499 g/mol. The Balaban J connectivity index is 2.51. The second kappa shape index (κ2) is 9.61. The molecule has 1 saturated heterocycles. The molecule has 0 aliphatic carbocycles. The van der Waals surface area contributed by atoms with Crippen LogP contribution < -0.4 is 5.32 Å². The molecule has 1 fully saturated rings. The van der Waals surface area contributed by atoms with E-state index in [0.717, 1.165) is 12.1 Å². The molecule has 1 aliphatic heterocycles. The molecule has 1 aliphatic rings. The number of halogens is 1. The first-order chi connectivity index (χ1) is 14.5. The number of hydrogen-bond acceptors (Lipinski definition) is 4. The van der Waals surface area contributed by atoms with Crippen LogP contribution in [0.4, 0.5) is 4.79 Å². The first-order valence-electron chi connectivity index (χ1n) is 11.2. The van der Waals surface area contributed by atoms with Gasteiger partial charge in [-0.1, -0.05) is 56.7 Å². The van der Waals surface area contributed by atoms with E-state index in [-0.39, 0.29) is 11.1 Å². The second-order valence-electron chi connectivity index (χ2n) is 11.3. The molecule has 32 heavy (non-hydrogen) atoms. The third-order valence-electron chi connectivity index (χ3n) is 6.41. The Morgan fingerprint density at radius 3 is 2.38 bits per heavy atom. The van der Waals surface area contributed by atoms with Crippen LogP contribution in [0.3, 0.4) is 0 Å². The summed E-state index contributed by atoms with van der Waals surface area (Å²) in [6, 6.07) is 7.68. The van der Waals surface area contributed by atoms with E-state index in [2.05, 4.69) is 39.2 Å². The van der Waals surface area contributed by atoms with Crippen molar-refractivity contribution in [2.24, 2.45) is 0 Å². The molecule has 0 spiro atoms. The number of nitrogens with zero attached hydrogens (tertiary/aromatic N) is 1. The van der Waals surface area contributed by atoms with E-state index < -0.39 is 25.6 Å². The van der Waals surface area contributed by atoms with Crippen LogP contribution in [0, 0.1) is 0 Å². The highest BCUT2D eigenvalue weighted by atomic mass is 35.5. The van der Waals surface area contributed by atoms with Gasteiger partial charge in [-0.25, -0.2) is 4.79 Å². The van der Waals surface area contributed by atoms with Crippen LogP contribution in [0.25, 0.3) is 0 Å². The fraction of sp³-hybridized carbons (Fsp3) is 0.667. The van der Waals surface area contributed by atoms with Crippen molar-refractivity contribution in [2.45, 2.75) is 90.3 Å². The van der Waals surface area contributed by atoms with Gasteiger partial charge >= 0.3 is 6.09 Å². The summed E-state index contributed by atoms with van der Waals surface area (Å²) >= 11 is 12.0. The monoisotopic (exact) mass is 498 g/mol. The molecule has 1 heterocycles. The lowest BCUT2D eigenvalue weighted by Crippen LogP contribution is -2.57. The van der Waals surface area contributed by atoms with Gasteiger partial charge in [-0.05, 0) is 69.9 Å². The van der Waals surface area contributed by atoms with Gasteiger partial charge in [0.15, 0.2) is 8.32 Å². The normalized spacial score (nSPS) is 20.6. The third kappa shape index (κ3) is 6.46. The van der Waals surface area contributed by atoms with E-state index in [9.17, 15) is 4.79 Å². The van der Waals surface area contributed by atoms with Gasteiger partial charge in [0.2, 0.25) is 0 Å². The molecule has 1 amide bonds. The molecule has 0 bridgehead atoms. The molecular formula is C24H39ClN2O3SSi. The first kappa shape index (κ1) is 27.1. The van der Waals surface area contributed by atoms with Crippen molar-refractivity contribution >= 4 is 43.2 Å². The Kier molecular flexibility index (Phi) is 8.13. The summed E-state index contributed by atoms with van der Waals surface area (Å²) in [5.74, 6) is 0. The number of thiocarbonyl (C=S) groups is 1. The lowest BCUT2D eigenvalue weighted by Gasteiger charge is -2.44. The number of amides is 1. The quantitative estimate of drug-likeness (QED) is 0.348. The maximum Gasteiger partial charge on any atom is 0.411 e. The minimum atomic E-state index is -2.17. The molecule has 1 N–H and O–H groups in total. The SMILES string of the molecule is CC(C)(C)OC(=O)N(CC(O[Si](C)(C)C(C)(C)C)c1cccc(Cl)c1)C1(C)CCNC1=S. The van der Waals surface area contributed by atoms with Crippen LogP contribution in [0.1, 0.15) is 66.6 Å². The van der Waals surface area contributed by atoms with Crippen LogP contribution in [-0.2, 0) is 9.16 Å². The van der Waals surface area contributed by atoms with Crippen LogP contribution >= 0.6 is 23.8 Å². The van der Waals surface area contributed by atoms with Gasteiger partial charge in [0.1, 0.15) is 10.6 Å². The number of ether oxygens (including phenoxy) is 1. The zero-order chi connectivity index (χ0) is 24.5. The highest BCUT2D eigenvalue weighted by Crippen LogP contribution is 2.41. The summed E-state index contributed by atoms with van der Waals surface area (Å²) < 4.78 is 12.7. The van der Waals surface area contributed by atoms with E-state index in [1.165, 1.54) is 0 Å². The molecule has 2 unspecified atom stereocenters. The topological polar surface area (TPSA) is 50.8 Å². The predicted octanol–water partition coefficient (Wildman–Crippen LogP) is 6.72. The van der Waals surface area contributed by atoms with Crippen molar-refractivity contribution in [1.29, 1.82) is 0 Å². The molecule has 2 rings (SSSR count). The number of nitrogens with one attached hydrogen (secondary N) is 1. The largest absolute Gasteiger partial charge is 0.444 e. The maximum atomic E-state index is 13.4. The predicted molar refractivity (Wildman–Crippen MR) is 139 cm³/mol. The molecule has 180 valence electrons. The summed E-state index contributed by atoms with van der Waals surface area (Å²) in [5.41, 5.74) is -0.326. The molecule has 8 heteroatoms. The Labute approximate surface area is 205 Å². The van der Waals surface area contributed by atoms with Gasteiger partial charge in [0, 0.05) is 11.6 Å². The number of benzene rings is 1. The van der Waals surface area contributed by atoms with E-state index in [1.807, 2.05) is 52.0 Å². The van der Waals surface area contributed by atoms with E-state index >= 15 is 0 Å². The smallest absolute Gasteiger partial charge is 0.411 e. The number of carbonyl (C=O) groups is 1. The minimum Gasteiger partial charge on any atom is -0.444 e. The minimum absolute atomic E-state index is 0.00862. The molecule has 0 aromatic heterocycles. The van der Waals surface area contributed by atoms with Crippen LogP contribution in [0.2, 0.25) is 23.2 Å². The molecule has 1 aromatic carbocycles. The highest BCUT2D eigenvalue weighted by molar-refractivity contribution is 7.80. The highest BCUT2D eigenvalue weighted by Gasteiger charge is 2.47. The fourth-order valence-corrected chi connectivity index (χ4v) is 5.18. The Bertz CT molecular complexity index is 850. The third-order valence-corrected chi connectivity index (χ3v) is 11.7. The van der Waals surface area contributed by atoms with Crippen molar-refractivity contribution in [1.82, 2.24) is 10.2 Å². The summed E-state index contributed by atoms with van der Waals surface area (Å²) in [6.45, 7) is 19.7. The van der Waals surface area contributed by atoms with Crippen molar-refractivity contribution in [3.05, 3.63) is 34.9 Å². The van der Waals surface area contributed by atoms with E-state index in [4.69, 9.17) is 33.0 Å². The average Bonchev–Trinajstić information content (AvgIpc) is 2.95.